The van der Waals surface area contributed by atoms with Gasteiger partial charge in [0.25, 0.3) is 0 Å². The SMILES string of the molecule is CC(C)(C)c1ccc(C2=CC3=c4cc(-c5ccc(C(C)(C)C)cc5)c([nH]4)=CC=c4[n-]c(cc4-c4ccc(C(C)(C)C)cc4)=C4[CH+]C(c5ccc(C(C)(C)C)cc5)=C(C=CC2=N3)N4)cc1. The molecule has 2 aromatic heterocycles. The van der Waals surface area contributed by atoms with Crippen LogP contribution in [0.1, 0.15) is 116 Å². The summed E-state index contributed by atoms with van der Waals surface area (Å²) in [5.41, 5.74) is 18.2. The van der Waals surface area contributed by atoms with Crippen LogP contribution < -0.4 is 31.7 Å². The minimum atomic E-state index is 0.0533. The van der Waals surface area contributed by atoms with E-state index in [2.05, 4.69) is 239 Å². The number of H-pyrrole nitrogens is 1. The second kappa shape index (κ2) is 15.6. The van der Waals surface area contributed by atoms with Gasteiger partial charge in [-0.3, -0.25) is 5.32 Å². The van der Waals surface area contributed by atoms with Crippen molar-refractivity contribution < 1.29 is 0 Å². The van der Waals surface area contributed by atoms with E-state index in [0.29, 0.717) is 0 Å². The summed E-state index contributed by atoms with van der Waals surface area (Å²) < 4.78 is 0. The van der Waals surface area contributed by atoms with Crippen molar-refractivity contribution in [2.45, 2.75) is 105 Å². The van der Waals surface area contributed by atoms with E-state index in [4.69, 9.17) is 9.98 Å². The first-order valence-corrected chi connectivity index (χ1v) is 22.8. The lowest BCUT2D eigenvalue weighted by Crippen LogP contribution is -2.21. The third-order valence-electron chi connectivity index (χ3n) is 12.9. The van der Waals surface area contributed by atoms with Gasteiger partial charge in [-0.05, 0) is 126 Å². The second-order valence-electron chi connectivity index (χ2n) is 21.9. The zero-order chi connectivity index (χ0) is 45.3. The number of hydrogen-bond donors (Lipinski definition) is 2. The van der Waals surface area contributed by atoms with Crippen molar-refractivity contribution in [1.29, 1.82) is 0 Å². The quantitative estimate of drug-likeness (QED) is 0.174. The van der Waals surface area contributed by atoms with E-state index in [1.807, 2.05) is 0 Å². The van der Waals surface area contributed by atoms with Gasteiger partial charge in [0.05, 0.1) is 28.7 Å². The molecule has 0 saturated carbocycles. The first-order chi connectivity index (χ1) is 30.2. The van der Waals surface area contributed by atoms with Crippen molar-refractivity contribution in [1.82, 2.24) is 15.3 Å². The zero-order valence-electron chi connectivity index (χ0n) is 39.8. The fraction of sp³-hybridized carbons (Fsp3) is 0.267. The Bertz CT molecular complexity index is 3160. The lowest BCUT2D eigenvalue weighted by molar-refractivity contribution is 0.590. The number of benzene rings is 4. The number of fused-ring (bicyclic) bond motifs is 7. The molecule has 0 amide bonds. The Morgan fingerprint density at radius 3 is 1.52 bits per heavy atom. The number of rotatable bonds is 4. The van der Waals surface area contributed by atoms with Crippen LogP contribution in [0, 0.1) is 6.42 Å². The number of allylic oxidation sites excluding steroid dienone is 3. The van der Waals surface area contributed by atoms with E-state index in [-0.39, 0.29) is 21.7 Å². The zero-order valence-corrected chi connectivity index (χ0v) is 39.8. The average molecular weight is 839 g/mol. The molecule has 0 atom stereocenters. The highest BCUT2D eigenvalue weighted by atomic mass is 14.9. The van der Waals surface area contributed by atoms with Crippen molar-refractivity contribution in [2.75, 3.05) is 0 Å². The maximum atomic E-state index is 5.40. The third-order valence-corrected chi connectivity index (χ3v) is 12.9. The van der Waals surface area contributed by atoms with Crippen LogP contribution in [0.25, 0.3) is 56.9 Å². The summed E-state index contributed by atoms with van der Waals surface area (Å²) in [6.45, 7) is 27.1. The molecule has 0 fully saturated rings. The summed E-state index contributed by atoms with van der Waals surface area (Å²) in [6.07, 6.45) is 13.2. The van der Waals surface area contributed by atoms with Crippen LogP contribution in [-0.4, -0.2) is 10.7 Å². The Hall–Kier alpha value is -6.52. The van der Waals surface area contributed by atoms with E-state index in [1.54, 1.807) is 0 Å². The third kappa shape index (κ3) is 8.46. The van der Waals surface area contributed by atoms with Gasteiger partial charge in [0, 0.05) is 22.6 Å². The number of nitrogens with one attached hydrogen (secondary N) is 2. The van der Waals surface area contributed by atoms with Gasteiger partial charge in [0.1, 0.15) is 17.0 Å². The molecule has 8 bridgehead atoms. The van der Waals surface area contributed by atoms with Gasteiger partial charge < -0.3 is 9.97 Å². The summed E-state index contributed by atoms with van der Waals surface area (Å²) in [5, 5.41) is 7.60. The highest BCUT2D eigenvalue weighted by Crippen LogP contribution is 2.35. The largest absolute Gasteiger partial charge is 0.611 e. The van der Waals surface area contributed by atoms with Crippen LogP contribution in [0.3, 0.4) is 0 Å². The lowest BCUT2D eigenvalue weighted by Gasteiger charge is -2.19. The van der Waals surface area contributed by atoms with Crippen LogP contribution in [0.15, 0.2) is 138 Å². The maximum Gasteiger partial charge on any atom is 0.129 e. The Balaban J connectivity index is 1.30. The number of aromatic nitrogens is 2. The molecule has 5 heterocycles. The molecule has 0 spiro atoms. The molecule has 2 N–H and O–H groups in total. The molecule has 9 rings (SSSR count). The van der Waals surface area contributed by atoms with E-state index in [9.17, 15) is 0 Å². The van der Waals surface area contributed by atoms with E-state index in [0.717, 1.165) is 88.7 Å². The van der Waals surface area contributed by atoms with Crippen molar-refractivity contribution in [2.24, 2.45) is 4.99 Å². The van der Waals surface area contributed by atoms with Crippen molar-refractivity contribution in [3.05, 3.63) is 194 Å². The summed E-state index contributed by atoms with van der Waals surface area (Å²) in [6, 6.07) is 40.5. The molecule has 322 valence electrons. The average Bonchev–Trinajstić information content (AvgIpc) is 4.06. The Morgan fingerprint density at radius 1 is 0.516 bits per heavy atom. The van der Waals surface area contributed by atoms with Crippen LogP contribution in [0.4, 0.5) is 0 Å². The Labute approximate surface area is 380 Å². The molecule has 0 aliphatic carbocycles. The summed E-state index contributed by atoms with van der Waals surface area (Å²) >= 11 is 0. The van der Waals surface area contributed by atoms with Gasteiger partial charge in [-0.2, -0.15) is 0 Å². The summed E-state index contributed by atoms with van der Waals surface area (Å²) in [5.74, 6) is 0. The molecule has 6 aromatic rings. The predicted octanol–water partition coefficient (Wildman–Crippen LogP) is 11.3. The summed E-state index contributed by atoms with van der Waals surface area (Å²) in [4.78, 5) is 14.6. The highest BCUT2D eigenvalue weighted by molar-refractivity contribution is 6.34. The fourth-order valence-corrected chi connectivity index (χ4v) is 8.74. The molecule has 4 heteroatoms. The van der Waals surface area contributed by atoms with Crippen molar-refractivity contribution >= 4 is 40.4 Å². The monoisotopic (exact) mass is 838 g/mol. The van der Waals surface area contributed by atoms with Crippen molar-refractivity contribution in [3.8, 4) is 22.3 Å². The molecular formula is C60H62N4. The molecule has 0 radical (unpaired) electrons. The van der Waals surface area contributed by atoms with Gasteiger partial charge in [-0.25, -0.2) is 4.99 Å². The van der Waals surface area contributed by atoms with Crippen molar-refractivity contribution in [3.63, 3.8) is 0 Å². The van der Waals surface area contributed by atoms with Crippen LogP contribution in [0.5, 0.6) is 0 Å². The first-order valence-electron chi connectivity index (χ1n) is 22.8. The van der Waals surface area contributed by atoms with Gasteiger partial charge in [0.2, 0.25) is 0 Å². The van der Waals surface area contributed by atoms with Crippen LogP contribution in [-0.2, 0) is 21.7 Å². The second-order valence-corrected chi connectivity index (χ2v) is 21.9. The summed E-state index contributed by atoms with van der Waals surface area (Å²) in [7, 11) is 0. The minimum Gasteiger partial charge on any atom is -0.611 e. The maximum absolute atomic E-state index is 5.40. The minimum absolute atomic E-state index is 0.0533. The molecule has 0 saturated heterocycles. The topological polar surface area (TPSA) is 54.3 Å². The smallest absolute Gasteiger partial charge is 0.129 e. The predicted molar refractivity (Wildman–Crippen MR) is 272 cm³/mol. The molecule has 0 unspecified atom stereocenters. The molecule has 64 heavy (non-hydrogen) atoms. The van der Waals surface area contributed by atoms with Gasteiger partial charge in [0.15, 0.2) is 0 Å². The normalized spacial score (nSPS) is 15.4. The standard InChI is InChI=1S/C60H62N4/c1-57(2,3)41-21-13-37(14-22-41)45-33-53-54-34-46(38-15-23-42(24-16-38)58(4,5)6)51(62-54)31-32-52-48(40-19-27-44(28-20-40)60(10,11)12)36-56(64-52)55-35-47(50(63-55)30-29-49(45)61-53)39-17-25-43(26-18-39)59(7,8)9/h13-36,61,64H,1-12H3. The number of hydrogen-bond acceptors (Lipinski definition) is 2. The Morgan fingerprint density at radius 2 is 1.00 bits per heavy atom. The van der Waals surface area contributed by atoms with E-state index in [1.165, 1.54) is 22.3 Å². The van der Waals surface area contributed by atoms with Gasteiger partial charge in [-0.1, -0.05) is 162 Å². The van der Waals surface area contributed by atoms with Gasteiger partial charge in [-0.15, -0.1) is 5.35 Å². The number of nitrogens with zero attached hydrogens (tertiary/aromatic N) is 2. The van der Waals surface area contributed by atoms with Gasteiger partial charge >= 0.3 is 0 Å². The van der Waals surface area contributed by atoms with Crippen LogP contribution >= 0.6 is 0 Å². The highest BCUT2D eigenvalue weighted by Gasteiger charge is 2.28. The Kier molecular flexibility index (Phi) is 10.4. The number of aromatic amines is 1. The first kappa shape index (κ1) is 42.8. The molecular weight excluding hydrogens is 777 g/mol. The fourth-order valence-electron chi connectivity index (χ4n) is 8.74. The van der Waals surface area contributed by atoms with Crippen LogP contribution in [0.2, 0.25) is 0 Å². The molecule has 4 aromatic carbocycles. The molecule has 3 aliphatic rings. The molecule has 3 aliphatic heterocycles. The van der Waals surface area contributed by atoms with E-state index < -0.39 is 0 Å². The van der Waals surface area contributed by atoms with E-state index >= 15 is 0 Å². The number of aliphatic imine (C=N–C) groups is 1. The lowest BCUT2D eigenvalue weighted by atomic mass is 9.86. The molecule has 4 nitrogen and oxygen atoms in total.